The Bertz CT molecular complexity index is 1070. The molecule has 8 nitrogen and oxygen atoms in total. The second-order valence-electron chi connectivity index (χ2n) is 5.51. The molecule has 0 unspecified atom stereocenters. The molecule has 1 heterocycles. The lowest BCUT2D eigenvalue weighted by Gasteiger charge is -2.13. The largest absolute Gasteiger partial charge is 0.504 e. The van der Waals surface area contributed by atoms with Crippen molar-refractivity contribution in [3.63, 3.8) is 0 Å². The summed E-state index contributed by atoms with van der Waals surface area (Å²) in [6, 6.07) is 6.27. The molecule has 0 saturated carbocycles. The number of benzene rings is 2. The monoisotopic (exact) mass is 374 g/mol. The Labute approximate surface area is 154 Å². The maximum Gasteiger partial charge on any atom is 0.239 e. The van der Waals surface area contributed by atoms with Crippen LogP contribution in [0.25, 0.3) is 22.3 Å². The molecule has 0 amide bonds. The molecular weight excluding hydrogens is 356 g/mol. The first kappa shape index (κ1) is 18.2. The van der Waals surface area contributed by atoms with Crippen LogP contribution >= 0.6 is 0 Å². The Hall–Kier alpha value is -3.55. The predicted molar refractivity (Wildman–Crippen MR) is 97.5 cm³/mol. The molecule has 2 aromatic carbocycles. The number of hydrogen-bond donors (Lipinski definition) is 2. The Morgan fingerprint density at radius 2 is 1.48 bits per heavy atom. The lowest BCUT2D eigenvalue weighted by atomic mass is 10.1. The number of fused-ring (bicyclic) bond motifs is 1. The highest BCUT2D eigenvalue weighted by atomic mass is 16.5. The van der Waals surface area contributed by atoms with Gasteiger partial charge in [0.25, 0.3) is 0 Å². The molecule has 1 aromatic heterocycles. The minimum atomic E-state index is -0.643. The van der Waals surface area contributed by atoms with Crippen molar-refractivity contribution in [2.24, 2.45) is 0 Å². The van der Waals surface area contributed by atoms with Crippen LogP contribution in [-0.2, 0) is 0 Å². The van der Waals surface area contributed by atoms with Crippen molar-refractivity contribution in [3.05, 3.63) is 34.5 Å². The average Bonchev–Trinajstić information content (AvgIpc) is 2.69. The molecule has 2 N–H and O–H groups in total. The Kier molecular flexibility index (Phi) is 4.72. The highest BCUT2D eigenvalue weighted by Crippen LogP contribution is 2.43. The van der Waals surface area contributed by atoms with Gasteiger partial charge in [0.15, 0.2) is 28.8 Å². The van der Waals surface area contributed by atoms with E-state index in [0.29, 0.717) is 17.1 Å². The number of phenols is 2. The summed E-state index contributed by atoms with van der Waals surface area (Å²) in [6.07, 6.45) is 0. The predicted octanol–water partition coefficient (Wildman–Crippen LogP) is 2.91. The van der Waals surface area contributed by atoms with Crippen LogP contribution in [0.2, 0.25) is 0 Å². The van der Waals surface area contributed by atoms with E-state index in [2.05, 4.69) is 0 Å². The van der Waals surface area contributed by atoms with Gasteiger partial charge in [-0.25, -0.2) is 0 Å². The molecule has 0 aliphatic rings. The van der Waals surface area contributed by atoms with Crippen LogP contribution in [0.4, 0.5) is 0 Å². The maximum atomic E-state index is 12.9. The molecule has 0 aliphatic carbocycles. The molecule has 0 bridgehead atoms. The zero-order valence-corrected chi connectivity index (χ0v) is 15.2. The lowest BCUT2D eigenvalue weighted by Crippen LogP contribution is -2.08. The number of methoxy groups -OCH3 is 4. The van der Waals surface area contributed by atoms with Gasteiger partial charge in [-0.3, -0.25) is 4.79 Å². The highest BCUT2D eigenvalue weighted by molar-refractivity contribution is 5.91. The Morgan fingerprint density at radius 1 is 0.815 bits per heavy atom. The highest BCUT2D eigenvalue weighted by Gasteiger charge is 2.23. The van der Waals surface area contributed by atoms with Gasteiger partial charge in [-0.1, -0.05) is 0 Å². The first-order valence-corrected chi connectivity index (χ1v) is 7.82. The van der Waals surface area contributed by atoms with E-state index in [1.54, 1.807) is 18.2 Å². The fourth-order valence-electron chi connectivity index (χ4n) is 2.79. The average molecular weight is 374 g/mol. The van der Waals surface area contributed by atoms with Crippen molar-refractivity contribution >= 4 is 11.0 Å². The van der Waals surface area contributed by atoms with Crippen LogP contribution in [0.15, 0.2) is 33.5 Å². The van der Waals surface area contributed by atoms with Crippen LogP contribution in [-0.4, -0.2) is 38.7 Å². The first-order chi connectivity index (χ1) is 13.0. The van der Waals surface area contributed by atoms with E-state index in [1.807, 2.05) is 0 Å². The molecular formula is C19H18O8. The van der Waals surface area contributed by atoms with E-state index in [9.17, 15) is 15.0 Å². The van der Waals surface area contributed by atoms with Crippen molar-refractivity contribution < 1.29 is 33.6 Å². The summed E-state index contributed by atoms with van der Waals surface area (Å²) in [5.74, 6) is -0.295. The smallest absolute Gasteiger partial charge is 0.239 e. The summed E-state index contributed by atoms with van der Waals surface area (Å²) in [6.45, 7) is 0. The third-order valence-electron chi connectivity index (χ3n) is 4.12. The summed E-state index contributed by atoms with van der Waals surface area (Å²) in [7, 11) is 5.62. The fraction of sp³-hybridized carbons (Fsp3) is 0.211. The van der Waals surface area contributed by atoms with Gasteiger partial charge in [0, 0.05) is 11.6 Å². The SMILES string of the molecule is COc1ccc(-c2oc3cc(OC)c(O)c(O)c3c(=O)c2OC)cc1OC. The molecule has 0 radical (unpaired) electrons. The number of hydrogen-bond acceptors (Lipinski definition) is 8. The van der Waals surface area contributed by atoms with Gasteiger partial charge >= 0.3 is 0 Å². The van der Waals surface area contributed by atoms with Crippen molar-refractivity contribution in [1.29, 1.82) is 0 Å². The third kappa shape index (κ3) is 2.84. The standard InChI is InChI=1S/C19H18O8/c1-23-10-6-5-9(7-11(10)24-2)18-19(26-4)17(22)14-12(27-18)8-13(25-3)15(20)16(14)21/h5-8,20-21H,1-4H3. The van der Waals surface area contributed by atoms with Crippen LogP contribution in [0.1, 0.15) is 0 Å². The number of phenolic OH excluding ortho intramolecular Hbond substituents is 2. The molecule has 0 saturated heterocycles. The Balaban J connectivity index is 2.37. The van der Waals surface area contributed by atoms with Crippen LogP contribution in [0, 0.1) is 0 Å². The van der Waals surface area contributed by atoms with E-state index in [0.717, 1.165) is 0 Å². The summed E-state index contributed by atoms with van der Waals surface area (Å²) >= 11 is 0. The summed E-state index contributed by atoms with van der Waals surface area (Å²) in [5.41, 5.74) is -0.119. The summed E-state index contributed by atoms with van der Waals surface area (Å²) in [4.78, 5) is 12.9. The van der Waals surface area contributed by atoms with Gasteiger partial charge in [-0.2, -0.15) is 0 Å². The van der Waals surface area contributed by atoms with Gasteiger partial charge in [0.2, 0.25) is 16.9 Å². The molecule has 3 rings (SSSR count). The molecule has 3 aromatic rings. The third-order valence-corrected chi connectivity index (χ3v) is 4.12. The van der Waals surface area contributed by atoms with Crippen molar-refractivity contribution in [2.75, 3.05) is 28.4 Å². The van der Waals surface area contributed by atoms with Crippen molar-refractivity contribution in [2.45, 2.75) is 0 Å². The molecule has 0 spiro atoms. The van der Waals surface area contributed by atoms with E-state index >= 15 is 0 Å². The quantitative estimate of drug-likeness (QED) is 0.657. The van der Waals surface area contributed by atoms with Gasteiger partial charge in [-0.05, 0) is 18.2 Å². The van der Waals surface area contributed by atoms with Crippen LogP contribution < -0.4 is 24.4 Å². The van der Waals surface area contributed by atoms with Crippen LogP contribution in [0.5, 0.6) is 34.5 Å². The minimum absolute atomic E-state index is 0.0257. The fourth-order valence-corrected chi connectivity index (χ4v) is 2.79. The zero-order chi connectivity index (χ0) is 19.7. The molecule has 0 fully saturated rings. The topological polar surface area (TPSA) is 108 Å². The number of aromatic hydroxyl groups is 2. The summed E-state index contributed by atoms with van der Waals surface area (Å²) in [5, 5.41) is 20.0. The van der Waals surface area contributed by atoms with Gasteiger partial charge in [0.05, 0.1) is 28.4 Å². The molecule has 0 atom stereocenters. The molecule has 8 heteroatoms. The number of ether oxygens (including phenoxy) is 4. The van der Waals surface area contributed by atoms with E-state index in [-0.39, 0.29) is 28.2 Å². The second-order valence-corrected chi connectivity index (χ2v) is 5.51. The minimum Gasteiger partial charge on any atom is -0.504 e. The van der Waals surface area contributed by atoms with E-state index in [4.69, 9.17) is 23.4 Å². The summed E-state index contributed by atoms with van der Waals surface area (Å²) < 4.78 is 26.5. The maximum absolute atomic E-state index is 12.9. The lowest BCUT2D eigenvalue weighted by molar-refractivity contribution is 0.351. The molecule has 27 heavy (non-hydrogen) atoms. The number of rotatable bonds is 5. The van der Waals surface area contributed by atoms with E-state index in [1.165, 1.54) is 34.5 Å². The van der Waals surface area contributed by atoms with Gasteiger partial charge in [0.1, 0.15) is 11.0 Å². The zero-order valence-electron chi connectivity index (χ0n) is 15.2. The van der Waals surface area contributed by atoms with Crippen molar-refractivity contribution in [3.8, 4) is 45.8 Å². The second kappa shape index (κ2) is 6.99. The Morgan fingerprint density at radius 3 is 2.07 bits per heavy atom. The normalized spacial score (nSPS) is 10.7. The first-order valence-electron chi connectivity index (χ1n) is 7.82. The van der Waals surface area contributed by atoms with Gasteiger partial charge < -0.3 is 33.6 Å². The van der Waals surface area contributed by atoms with Crippen LogP contribution in [0.3, 0.4) is 0 Å². The molecule has 142 valence electrons. The van der Waals surface area contributed by atoms with Gasteiger partial charge in [-0.15, -0.1) is 0 Å². The van der Waals surface area contributed by atoms with Crippen molar-refractivity contribution in [1.82, 2.24) is 0 Å². The molecule has 0 aliphatic heterocycles. The van der Waals surface area contributed by atoms with E-state index < -0.39 is 16.9 Å².